The Hall–Kier alpha value is -3.40. The molecule has 1 aliphatic rings. The summed E-state index contributed by atoms with van der Waals surface area (Å²) in [6, 6.07) is 10.9. The normalized spacial score (nSPS) is 14.2. The van der Waals surface area contributed by atoms with Crippen LogP contribution < -0.4 is 5.32 Å². The summed E-state index contributed by atoms with van der Waals surface area (Å²) in [5.41, 5.74) is 2.38. The van der Waals surface area contributed by atoms with Crippen molar-refractivity contribution in [3.63, 3.8) is 0 Å². The Labute approximate surface area is 231 Å². The fourth-order valence-electron chi connectivity index (χ4n) is 4.74. The number of benzene rings is 2. The van der Waals surface area contributed by atoms with Crippen LogP contribution in [0.2, 0.25) is 10.2 Å². The number of alkyl halides is 3. The van der Waals surface area contributed by atoms with Crippen molar-refractivity contribution in [3.05, 3.63) is 105 Å². The SMILES string of the molecule is O=C(NCc1ccnc(Cl)c1)n1c2c(c3cc(C(F)(F)F)ccc31)CN(C/C=C/c1ccc(Cl)c(F)c1)CC2. The standard InChI is InChI=1S/C28H22Cl2F4N4O/c29-22-5-3-17(12-23(22)31)2-1-10-37-11-8-25-21(16-37)20-14-19(28(32,33)34)4-6-24(20)38(25)27(39)36-15-18-7-9-35-26(30)13-18/h1-7,9,12-14H,8,10-11,15-16H2,(H,36,39)/b2-1+. The molecule has 0 saturated heterocycles. The van der Waals surface area contributed by atoms with Gasteiger partial charge in [0, 0.05) is 49.9 Å². The highest BCUT2D eigenvalue weighted by molar-refractivity contribution is 6.30. The molecule has 4 aromatic rings. The molecule has 2 aromatic heterocycles. The number of pyridine rings is 1. The summed E-state index contributed by atoms with van der Waals surface area (Å²) in [6.07, 6.45) is 1.10. The predicted molar refractivity (Wildman–Crippen MR) is 143 cm³/mol. The molecule has 5 nitrogen and oxygen atoms in total. The molecule has 0 fully saturated rings. The van der Waals surface area contributed by atoms with Crippen LogP contribution in [0.5, 0.6) is 0 Å². The Balaban J connectivity index is 1.42. The number of carbonyl (C=O) groups is 1. The number of fused-ring (bicyclic) bond motifs is 3. The number of nitrogens with one attached hydrogen (secondary N) is 1. The topological polar surface area (TPSA) is 50.2 Å². The zero-order valence-corrected chi connectivity index (χ0v) is 21.9. The largest absolute Gasteiger partial charge is 0.416 e. The maximum absolute atomic E-state index is 13.7. The quantitative estimate of drug-likeness (QED) is 0.200. The van der Waals surface area contributed by atoms with E-state index in [2.05, 4.69) is 15.2 Å². The molecule has 39 heavy (non-hydrogen) atoms. The molecule has 0 unspecified atom stereocenters. The smallest absolute Gasteiger partial charge is 0.333 e. The van der Waals surface area contributed by atoms with Gasteiger partial charge in [0.25, 0.3) is 0 Å². The predicted octanol–water partition coefficient (Wildman–Crippen LogP) is 7.33. The van der Waals surface area contributed by atoms with Crippen LogP contribution in [0.15, 0.2) is 60.8 Å². The monoisotopic (exact) mass is 576 g/mol. The van der Waals surface area contributed by atoms with Crippen LogP contribution in [0.25, 0.3) is 17.0 Å². The minimum atomic E-state index is -4.52. The summed E-state index contributed by atoms with van der Waals surface area (Å²) in [7, 11) is 0. The van der Waals surface area contributed by atoms with E-state index in [4.69, 9.17) is 23.2 Å². The molecular formula is C28H22Cl2F4N4O. The summed E-state index contributed by atoms with van der Waals surface area (Å²) < 4.78 is 55.9. The van der Waals surface area contributed by atoms with Gasteiger partial charge in [-0.05, 0) is 59.2 Å². The Morgan fingerprint density at radius 3 is 2.67 bits per heavy atom. The van der Waals surface area contributed by atoms with E-state index in [-0.39, 0.29) is 11.6 Å². The maximum atomic E-state index is 13.7. The summed E-state index contributed by atoms with van der Waals surface area (Å²) >= 11 is 11.7. The van der Waals surface area contributed by atoms with E-state index in [1.54, 1.807) is 24.3 Å². The molecule has 11 heteroatoms. The van der Waals surface area contributed by atoms with E-state index in [1.165, 1.54) is 29.0 Å². The zero-order chi connectivity index (χ0) is 27.7. The molecular weight excluding hydrogens is 555 g/mol. The van der Waals surface area contributed by atoms with Crippen molar-refractivity contribution in [2.75, 3.05) is 13.1 Å². The van der Waals surface area contributed by atoms with Crippen molar-refractivity contribution >= 4 is 46.2 Å². The van der Waals surface area contributed by atoms with Gasteiger partial charge in [0.1, 0.15) is 11.0 Å². The van der Waals surface area contributed by atoms with E-state index in [0.717, 1.165) is 17.7 Å². The van der Waals surface area contributed by atoms with Gasteiger partial charge in [-0.1, -0.05) is 41.4 Å². The molecule has 0 bridgehead atoms. The molecule has 1 aliphatic heterocycles. The van der Waals surface area contributed by atoms with Gasteiger partial charge < -0.3 is 5.32 Å². The van der Waals surface area contributed by atoms with Crippen molar-refractivity contribution in [2.24, 2.45) is 0 Å². The number of hydrogen-bond donors (Lipinski definition) is 1. The van der Waals surface area contributed by atoms with Gasteiger partial charge in [-0.25, -0.2) is 14.2 Å². The molecule has 1 amide bonds. The Bertz CT molecular complexity index is 1580. The summed E-state index contributed by atoms with van der Waals surface area (Å²) in [5.74, 6) is -0.514. The molecule has 5 rings (SSSR count). The molecule has 1 N–H and O–H groups in total. The highest BCUT2D eigenvalue weighted by atomic mass is 35.5. The minimum Gasteiger partial charge on any atom is -0.333 e. The molecule has 3 heterocycles. The first-order valence-electron chi connectivity index (χ1n) is 12.1. The summed E-state index contributed by atoms with van der Waals surface area (Å²) in [4.78, 5) is 19.3. The van der Waals surface area contributed by atoms with Crippen molar-refractivity contribution < 1.29 is 22.4 Å². The van der Waals surface area contributed by atoms with E-state index < -0.39 is 23.6 Å². The van der Waals surface area contributed by atoms with Crippen LogP contribution in [0.1, 0.15) is 27.9 Å². The van der Waals surface area contributed by atoms with Gasteiger partial charge >= 0.3 is 12.2 Å². The number of halogens is 6. The average Bonchev–Trinajstić information content (AvgIpc) is 3.22. The zero-order valence-electron chi connectivity index (χ0n) is 20.4. The summed E-state index contributed by atoms with van der Waals surface area (Å²) in [6.45, 7) is 1.61. The fourth-order valence-corrected chi connectivity index (χ4v) is 5.06. The van der Waals surface area contributed by atoms with Crippen LogP contribution in [0.4, 0.5) is 22.4 Å². The first-order chi connectivity index (χ1) is 18.6. The lowest BCUT2D eigenvalue weighted by molar-refractivity contribution is -0.137. The number of amides is 1. The second kappa shape index (κ2) is 11.0. The first kappa shape index (κ1) is 27.2. The molecule has 0 aliphatic carbocycles. The van der Waals surface area contributed by atoms with E-state index >= 15 is 0 Å². The molecule has 0 spiro atoms. The lowest BCUT2D eigenvalue weighted by atomic mass is 10.0. The second-order valence-electron chi connectivity index (χ2n) is 9.20. The van der Waals surface area contributed by atoms with Gasteiger partial charge in [0.15, 0.2) is 0 Å². The Kier molecular flexibility index (Phi) is 7.66. The van der Waals surface area contributed by atoms with Crippen LogP contribution in [0.3, 0.4) is 0 Å². The highest BCUT2D eigenvalue weighted by Gasteiger charge is 2.33. The fraction of sp³-hybridized carbons (Fsp3) is 0.214. The van der Waals surface area contributed by atoms with Gasteiger partial charge in [-0.3, -0.25) is 9.47 Å². The molecule has 0 atom stereocenters. The second-order valence-corrected chi connectivity index (χ2v) is 9.99. The van der Waals surface area contributed by atoms with Crippen molar-refractivity contribution in [1.29, 1.82) is 0 Å². The number of hydrogen-bond acceptors (Lipinski definition) is 3. The lowest BCUT2D eigenvalue weighted by Gasteiger charge is -2.27. The van der Waals surface area contributed by atoms with Crippen LogP contribution in [-0.2, 0) is 25.7 Å². The van der Waals surface area contributed by atoms with Gasteiger partial charge in [0.2, 0.25) is 0 Å². The van der Waals surface area contributed by atoms with Crippen molar-refractivity contribution in [3.8, 4) is 0 Å². The van der Waals surface area contributed by atoms with Gasteiger partial charge in [-0.2, -0.15) is 13.2 Å². The molecule has 2 aromatic carbocycles. The van der Waals surface area contributed by atoms with E-state index in [9.17, 15) is 22.4 Å². The third-order valence-corrected chi connectivity index (χ3v) is 7.12. The lowest BCUT2D eigenvalue weighted by Crippen LogP contribution is -2.34. The number of rotatable bonds is 5. The minimum absolute atomic E-state index is 0.0407. The number of nitrogens with zero attached hydrogens (tertiary/aromatic N) is 3. The van der Waals surface area contributed by atoms with E-state index in [0.29, 0.717) is 58.9 Å². The molecule has 0 radical (unpaired) electrons. The van der Waals surface area contributed by atoms with Crippen LogP contribution in [0, 0.1) is 5.82 Å². The van der Waals surface area contributed by atoms with E-state index in [1.807, 2.05) is 6.08 Å². The third kappa shape index (κ3) is 5.95. The van der Waals surface area contributed by atoms with Crippen LogP contribution in [-0.4, -0.2) is 33.6 Å². The van der Waals surface area contributed by atoms with Gasteiger partial charge in [0.05, 0.1) is 16.1 Å². The average molecular weight is 577 g/mol. The number of aromatic nitrogens is 2. The Morgan fingerprint density at radius 2 is 1.92 bits per heavy atom. The van der Waals surface area contributed by atoms with Crippen molar-refractivity contribution in [1.82, 2.24) is 19.8 Å². The molecule has 0 saturated carbocycles. The van der Waals surface area contributed by atoms with Crippen LogP contribution >= 0.6 is 23.2 Å². The first-order valence-corrected chi connectivity index (χ1v) is 12.8. The number of carbonyl (C=O) groups excluding carboxylic acids is 1. The Morgan fingerprint density at radius 1 is 1.10 bits per heavy atom. The third-order valence-electron chi connectivity index (χ3n) is 6.61. The van der Waals surface area contributed by atoms with Crippen molar-refractivity contribution in [2.45, 2.75) is 25.7 Å². The van der Waals surface area contributed by atoms with Gasteiger partial charge in [-0.15, -0.1) is 0 Å². The summed E-state index contributed by atoms with van der Waals surface area (Å²) in [5, 5.41) is 3.56. The molecule has 202 valence electrons. The maximum Gasteiger partial charge on any atom is 0.416 e. The highest BCUT2D eigenvalue weighted by Crippen LogP contribution is 2.36.